The highest BCUT2D eigenvalue weighted by atomic mass is 32.2. The molecule has 0 radical (unpaired) electrons. The Morgan fingerprint density at radius 3 is 2.48 bits per heavy atom. The van der Waals surface area contributed by atoms with E-state index in [4.69, 9.17) is 4.74 Å². The molecule has 0 fully saturated rings. The predicted molar refractivity (Wildman–Crippen MR) is 97.8 cm³/mol. The van der Waals surface area contributed by atoms with E-state index in [1.54, 1.807) is 30.6 Å². The molecule has 0 spiro atoms. The normalized spacial score (nSPS) is 11.1. The van der Waals surface area contributed by atoms with Gasteiger partial charge in [-0.2, -0.15) is 0 Å². The van der Waals surface area contributed by atoms with Crippen molar-refractivity contribution in [2.24, 2.45) is 0 Å². The molecule has 0 aliphatic rings. The van der Waals surface area contributed by atoms with E-state index in [1.807, 2.05) is 42.5 Å². The number of nitrogens with zero attached hydrogens (tertiary/aromatic N) is 1. The molecule has 25 heavy (non-hydrogen) atoms. The second-order valence-corrected chi connectivity index (χ2v) is 7.62. The third-order valence-electron chi connectivity index (χ3n) is 3.53. The molecule has 3 aromatic rings. The third-order valence-corrected chi connectivity index (χ3v) is 4.64. The van der Waals surface area contributed by atoms with Crippen molar-refractivity contribution in [3.63, 3.8) is 0 Å². The van der Waals surface area contributed by atoms with Crippen LogP contribution in [0.4, 0.5) is 11.4 Å². The zero-order valence-electron chi connectivity index (χ0n) is 13.7. The number of ether oxygens (including phenoxy) is 1. The smallest absolute Gasteiger partial charge is 0.175 e. The molecular formula is C19H18N2O3S. The molecule has 0 bridgehead atoms. The molecule has 0 saturated carbocycles. The Hall–Kier alpha value is -2.86. The molecule has 0 aliphatic carbocycles. The van der Waals surface area contributed by atoms with Gasteiger partial charge in [0.2, 0.25) is 0 Å². The molecule has 2 aromatic carbocycles. The van der Waals surface area contributed by atoms with Gasteiger partial charge in [-0.05, 0) is 48.5 Å². The molecule has 1 heterocycles. The highest BCUT2D eigenvalue weighted by Crippen LogP contribution is 2.22. The number of benzene rings is 2. The SMILES string of the molecule is CS(=O)(=O)c1cccc(Nc2ccc(OCc3cccnc3)cc2)c1. The Balaban J connectivity index is 1.65. The lowest BCUT2D eigenvalue weighted by Crippen LogP contribution is -1.98. The van der Waals surface area contributed by atoms with Crippen LogP contribution in [0, 0.1) is 0 Å². The molecule has 0 saturated heterocycles. The fraction of sp³-hybridized carbons (Fsp3) is 0.105. The lowest BCUT2D eigenvalue weighted by Gasteiger charge is -2.10. The first-order valence-corrected chi connectivity index (χ1v) is 9.59. The molecule has 128 valence electrons. The standard InChI is InChI=1S/C19H18N2O3S/c1-25(22,23)19-6-2-5-17(12-19)21-16-7-9-18(10-8-16)24-14-15-4-3-11-20-13-15/h2-13,21H,14H2,1H3. The Morgan fingerprint density at radius 2 is 1.80 bits per heavy atom. The molecule has 0 aliphatic heterocycles. The first-order valence-electron chi connectivity index (χ1n) is 7.70. The minimum Gasteiger partial charge on any atom is -0.489 e. The summed E-state index contributed by atoms with van der Waals surface area (Å²) < 4.78 is 29.0. The van der Waals surface area contributed by atoms with Crippen molar-refractivity contribution in [1.82, 2.24) is 4.98 Å². The van der Waals surface area contributed by atoms with Crippen LogP contribution in [0.15, 0.2) is 78.0 Å². The Labute approximate surface area is 147 Å². The van der Waals surface area contributed by atoms with Crippen LogP contribution in [0.1, 0.15) is 5.56 Å². The van der Waals surface area contributed by atoms with Gasteiger partial charge in [-0.1, -0.05) is 12.1 Å². The van der Waals surface area contributed by atoms with Crippen molar-refractivity contribution in [2.75, 3.05) is 11.6 Å². The van der Waals surface area contributed by atoms with Gasteiger partial charge in [0, 0.05) is 35.6 Å². The number of aromatic nitrogens is 1. The molecule has 0 amide bonds. The molecule has 1 N–H and O–H groups in total. The topological polar surface area (TPSA) is 68.3 Å². The Bertz CT molecular complexity index is 940. The lowest BCUT2D eigenvalue weighted by molar-refractivity contribution is 0.306. The van der Waals surface area contributed by atoms with Gasteiger partial charge in [-0.3, -0.25) is 4.98 Å². The maximum absolute atomic E-state index is 11.6. The fourth-order valence-electron chi connectivity index (χ4n) is 2.26. The molecule has 0 atom stereocenters. The summed E-state index contributed by atoms with van der Waals surface area (Å²) in [6.45, 7) is 0.455. The number of rotatable bonds is 6. The second kappa shape index (κ2) is 7.36. The molecule has 5 nitrogen and oxygen atoms in total. The van der Waals surface area contributed by atoms with E-state index in [-0.39, 0.29) is 4.90 Å². The van der Waals surface area contributed by atoms with E-state index in [1.165, 1.54) is 6.26 Å². The first-order chi connectivity index (χ1) is 12.0. The molecule has 0 unspecified atom stereocenters. The van der Waals surface area contributed by atoms with Crippen LogP contribution in [-0.2, 0) is 16.4 Å². The Morgan fingerprint density at radius 1 is 1.00 bits per heavy atom. The fourth-order valence-corrected chi connectivity index (χ4v) is 2.92. The quantitative estimate of drug-likeness (QED) is 0.729. The minimum absolute atomic E-state index is 0.286. The summed E-state index contributed by atoms with van der Waals surface area (Å²) in [5.74, 6) is 0.749. The van der Waals surface area contributed by atoms with Gasteiger partial charge in [0.05, 0.1) is 4.90 Å². The molecule has 3 rings (SSSR count). The van der Waals surface area contributed by atoms with Gasteiger partial charge in [0.25, 0.3) is 0 Å². The van der Waals surface area contributed by atoms with Crippen LogP contribution in [0.2, 0.25) is 0 Å². The maximum Gasteiger partial charge on any atom is 0.175 e. The number of hydrogen-bond acceptors (Lipinski definition) is 5. The van der Waals surface area contributed by atoms with Crippen LogP contribution in [0.5, 0.6) is 5.75 Å². The molecule has 1 aromatic heterocycles. The summed E-state index contributed by atoms with van der Waals surface area (Å²) in [5.41, 5.74) is 2.56. The van der Waals surface area contributed by atoms with E-state index >= 15 is 0 Å². The van der Waals surface area contributed by atoms with Gasteiger partial charge >= 0.3 is 0 Å². The predicted octanol–water partition coefficient (Wildman–Crippen LogP) is 3.81. The van der Waals surface area contributed by atoms with E-state index in [0.717, 1.165) is 17.0 Å². The Kier molecular flexibility index (Phi) is 5.00. The van der Waals surface area contributed by atoms with Gasteiger partial charge < -0.3 is 10.1 Å². The number of anilines is 2. The van der Waals surface area contributed by atoms with Crippen molar-refractivity contribution < 1.29 is 13.2 Å². The monoisotopic (exact) mass is 354 g/mol. The maximum atomic E-state index is 11.6. The zero-order valence-corrected chi connectivity index (χ0v) is 14.5. The van der Waals surface area contributed by atoms with Gasteiger partial charge in [-0.15, -0.1) is 0 Å². The summed E-state index contributed by atoms with van der Waals surface area (Å²) in [6.07, 6.45) is 4.69. The van der Waals surface area contributed by atoms with Crippen LogP contribution in [-0.4, -0.2) is 19.7 Å². The van der Waals surface area contributed by atoms with E-state index in [9.17, 15) is 8.42 Å². The second-order valence-electron chi connectivity index (χ2n) is 5.60. The number of hydrogen-bond donors (Lipinski definition) is 1. The third kappa shape index (κ3) is 4.81. The van der Waals surface area contributed by atoms with E-state index in [2.05, 4.69) is 10.3 Å². The minimum atomic E-state index is -3.22. The summed E-state index contributed by atoms with van der Waals surface area (Å²) in [4.78, 5) is 4.34. The summed E-state index contributed by atoms with van der Waals surface area (Å²) in [5, 5.41) is 3.19. The number of nitrogens with one attached hydrogen (secondary N) is 1. The van der Waals surface area contributed by atoms with Gasteiger partial charge in [0.15, 0.2) is 9.84 Å². The summed E-state index contributed by atoms with van der Waals surface area (Å²) in [7, 11) is -3.22. The van der Waals surface area contributed by atoms with E-state index in [0.29, 0.717) is 12.3 Å². The summed E-state index contributed by atoms with van der Waals surface area (Å²) >= 11 is 0. The van der Waals surface area contributed by atoms with Crippen molar-refractivity contribution >= 4 is 21.2 Å². The van der Waals surface area contributed by atoms with Crippen molar-refractivity contribution in [3.05, 3.63) is 78.6 Å². The summed E-state index contributed by atoms with van der Waals surface area (Å²) in [6, 6.07) is 18.0. The zero-order chi connectivity index (χ0) is 17.7. The van der Waals surface area contributed by atoms with Crippen LogP contribution >= 0.6 is 0 Å². The average Bonchev–Trinajstić information content (AvgIpc) is 2.62. The van der Waals surface area contributed by atoms with Crippen LogP contribution < -0.4 is 10.1 Å². The molecular weight excluding hydrogens is 336 g/mol. The number of sulfone groups is 1. The van der Waals surface area contributed by atoms with Crippen molar-refractivity contribution in [1.29, 1.82) is 0 Å². The highest BCUT2D eigenvalue weighted by molar-refractivity contribution is 7.90. The highest BCUT2D eigenvalue weighted by Gasteiger charge is 2.07. The van der Waals surface area contributed by atoms with Crippen molar-refractivity contribution in [3.8, 4) is 5.75 Å². The lowest BCUT2D eigenvalue weighted by atomic mass is 10.2. The largest absolute Gasteiger partial charge is 0.489 e. The average molecular weight is 354 g/mol. The van der Waals surface area contributed by atoms with Crippen LogP contribution in [0.25, 0.3) is 0 Å². The van der Waals surface area contributed by atoms with Gasteiger partial charge in [-0.25, -0.2) is 8.42 Å². The van der Waals surface area contributed by atoms with E-state index < -0.39 is 9.84 Å². The van der Waals surface area contributed by atoms with Crippen LogP contribution in [0.3, 0.4) is 0 Å². The van der Waals surface area contributed by atoms with Gasteiger partial charge in [0.1, 0.15) is 12.4 Å². The van der Waals surface area contributed by atoms with Crippen molar-refractivity contribution in [2.45, 2.75) is 11.5 Å². The molecule has 6 heteroatoms. The first kappa shape index (κ1) is 17.0. The number of pyridine rings is 1.